The molecular weight excluding hydrogens is 448 g/mol. The Morgan fingerprint density at radius 1 is 0.600 bits per heavy atom. The van der Waals surface area contributed by atoms with Crippen LogP contribution >= 0.6 is 0 Å². The molecule has 7 heteroatoms. The number of carbonyl (C=O) groups excluding carboxylic acids is 3. The minimum absolute atomic E-state index is 0.338. The Morgan fingerprint density at radius 3 is 1.34 bits per heavy atom. The van der Waals surface area contributed by atoms with Crippen molar-refractivity contribution >= 4 is 17.7 Å². The molecule has 0 fully saturated rings. The van der Waals surface area contributed by atoms with Crippen molar-refractivity contribution in [2.75, 3.05) is 14.2 Å². The van der Waals surface area contributed by atoms with E-state index in [9.17, 15) is 14.4 Å². The van der Waals surface area contributed by atoms with E-state index in [0.717, 1.165) is 0 Å². The van der Waals surface area contributed by atoms with E-state index in [2.05, 4.69) is 0 Å². The highest BCUT2D eigenvalue weighted by molar-refractivity contribution is 5.99. The fourth-order valence-electron chi connectivity index (χ4n) is 3.87. The van der Waals surface area contributed by atoms with Gasteiger partial charge in [-0.1, -0.05) is 54.6 Å². The van der Waals surface area contributed by atoms with Crippen LogP contribution < -0.4 is 9.47 Å². The van der Waals surface area contributed by atoms with Crippen LogP contribution in [-0.4, -0.2) is 31.9 Å². The zero-order valence-electron chi connectivity index (χ0n) is 20.1. The van der Waals surface area contributed by atoms with E-state index in [1.54, 1.807) is 93.1 Å². The lowest BCUT2D eigenvalue weighted by atomic mass is 9.81. The van der Waals surface area contributed by atoms with Crippen molar-refractivity contribution in [1.82, 2.24) is 0 Å². The SMILES string of the molecule is COc1ccc([C@H](OC(C)=O)C(C(=O)c2ccccc2)[C@@H](OC(C)=O)c2ccc(OC)cc2)cc1. The Balaban J connectivity index is 2.20. The van der Waals surface area contributed by atoms with E-state index in [-0.39, 0.29) is 5.78 Å². The minimum atomic E-state index is -1.08. The van der Waals surface area contributed by atoms with Crippen LogP contribution in [0.4, 0.5) is 0 Å². The van der Waals surface area contributed by atoms with Gasteiger partial charge < -0.3 is 18.9 Å². The highest BCUT2D eigenvalue weighted by atomic mass is 16.6. The number of benzene rings is 3. The normalized spacial score (nSPS) is 12.4. The molecule has 0 saturated heterocycles. The van der Waals surface area contributed by atoms with E-state index < -0.39 is 30.1 Å². The lowest BCUT2D eigenvalue weighted by Gasteiger charge is -2.32. The molecular formula is C28H28O7. The van der Waals surface area contributed by atoms with Gasteiger partial charge >= 0.3 is 11.9 Å². The number of Topliss-reactive ketones (excluding diaryl/α,β-unsaturated/α-hetero) is 1. The van der Waals surface area contributed by atoms with E-state index in [4.69, 9.17) is 18.9 Å². The Hall–Kier alpha value is -4.13. The number of carbonyl (C=O) groups is 3. The Labute approximate surface area is 204 Å². The maximum Gasteiger partial charge on any atom is 0.303 e. The third-order valence-electron chi connectivity index (χ3n) is 5.49. The summed E-state index contributed by atoms with van der Waals surface area (Å²) in [6.07, 6.45) is -2.09. The topological polar surface area (TPSA) is 88.1 Å². The molecule has 0 aliphatic rings. The summed E-state index contributed by atoms with van der Waals surface area (Å²) in [6.45, 7) is 2.55. The minimum Gasteiger partial charge on any atom is -0.497 e. The highest BCUT2D eigenvalue weighted by Crippen LogP contribution is 2.41. The summed E-state index contributed by atoms with van der Waals surface area (Å²) in [4.78, 5) is 38.3. The van der Waals surface area contributed by atoms with Crippen molar-refractivity contribution in [3.63, 3.8) is 0 Å². The quantitative estimate of drug-likeness (QED) is 0.297. The number of ether oxygens (including phenoxy) is 4. The van der Waals surface area contributed by atoms with E-state index >= 15 is 0 Å². The maximum atomic E-state index is 14.0. The largest absolute Gasteiger partial charge is 0.497 e. The summed E-state index contributed by atoms with van der Waals surface area (Å²) >= 11 is 0. The predicted octanol–water partition coefficient (Wildman–Crippen LogP) is 5.11. The van der Waals surface area contributed by atoms with E-state index in [1.807, 2.05) is 0 Å². The van der Waals surface area contributed by atoms with Crippen LogP contribution in [0.2, 0.25) is 0 Å². The summed E-state index contributed by atoms with van der Waals surface area (Å²) in [5.74, 6) is -1.36. The second kappa shape index (κ2) is 11.8. The number of esters is 2. The number of methoxy groups -OCH3 is 2. The van der Waals surface area contributed by atoms with Gasteiger partial charge in [-0.3, -0.25) is 14.4 Å². The molecule has 3 aromatic carbocycles. The Bertz CT molecular complexity index is 1070. The van der Waals surface area contributed by atoms with Gasteiger partial charge in [0.05, 0.1) is 14.2 Å². The number of hydrogen-bond acceptors (Lipinski definition) is 7. The molecule has 0 saturated carbocycles. The van der Waals surface area contributed by atoms with Gasteiger partial charge in [-0.15, -0.1) is 0 Å². The molecule has 35 heavy (non-hydrogen) atoms. The van der Waals surface area contributed by atoms with Gasteiger partial charge in [0.25, 0.3) is 0 Å². The lowest BCUT2D eigenvalue weighted by molar-refractivity contribution is -0.157. The van der Waals surface area contributed by atoms with Crippen molar-refractivity contribution in [1.29, 1.82) is 0 Å². The zero-order valence-corrected chi connectivity index (χ0v) is 20.1. The van der Waals surface area contributed by atoms with Crippen molar-refractivity contribution in [2.45, 2.75) is 26.1 Å². The monoisotopic (exact) mass is 476 g/mol. The molecule has 0 bridgehead atoms. The molecule has 0 unspecified atom stereocenters. The summed E-state index contributed by atoms with van der Waals surface area (Å²) in [6, 6.07) is 22.4. The first-order chi connectivity index (χ1) is 16.8. The van der Waals surface area contributed by atoms with Crippen molar-refractivity contribution in [3.8, 4) is 11.5 Å². The lowest BCUT2D eigenvalue weighted by Crippen LogP contribution is -2.33. The van der Waals surface area contributed by atoms with Crippen LogP contribution in [-0.2, 0) is 19.1 Å². The van der Waals surface area contributed by atoms with Crippen molar-refractivity contribution in [2.24, 2.45) is 5.92 Å². The third-order valence-corrected chi connectivity index (χ3v) is 5.49. The summed E-state index contributed by atoms with van der Waals surface area (Å²) in [7, 11) is 3.08. The first-order valence-corrected chi connectivity index (χ1v) is 11.1. The Morgan fingerprint density at radius 2 is 1.00 bits per heavy atom. The third kappa shape index (κ3) is 6.47. The molecule has 0 aromatic heterocycles. The standard InChI is InChI=1S/C28H28O7/c1-18(29)34-27(21-10-14-23(32-3)15-11-21)25(26(31)20-8-6-5-7-9-20)28(35-19(2)30)22-12-16-24(33-4)17-13-22/h5-17,25,27-28H,1-4H3/t27-,28-/m0/s1. The highest BCUT2D eigenvalue weighted by Gasteiger charge is 2.42. The van der Waals surface area contributed by atoms with Crippen LogP contribution in [0.3, 0.4) is 0 Å². The molecule has 3 aromatic rings. The maximum absolute atomic E-state index is 14.0. The van der Waals surface area contributed by atoms with Crippen LogP contribution in [0.1, 0.15) is 47.5 Å². The van der Waals surface area contributed by atoms with Gasteiger partial charge in [0.2, 0.25) is 0 Å². The molecule has 7 nitrogen and oxygen atoms in total. The molecule has 0 amide bonds. The van der Waals surface area contributed by atoms with Gasteiger partial charge in [-0.05, 0) is 35.4 Å². The predicted molar refractivity (Wildman–Crippen MR) is 129 cm³/mol. The second-order valence-corrected chi connectivity index (χ2v) is 7.86. The number of rotatable bonds is 10. The molecule has 182 valence electrons. The summed E-state index contributed by atoms with van der Waals surface area (Å²) < 4.78 is 21.9. The summed E-state index contributed by atoms with van der Waals surface area (Å²) in [5, 5.41) is 0. The van der Waals surface area contributed by atoms with Crippen LogP contribution in [0, 0.1) is 5.92 Å². The molecule has 0 N–H and O–H groups in total. The molecule has 2 atom stereocenters. The van der Waals surface area contributed by atoms with Gasteiger partial charge in [0.1, 0.15) is 29.6 Å². The first-order valence-electron chi connectivity index (χ1n) is 11.1. The first kappa shape index (κ1) is 25.5. The molecule has 0 aliphatic carbocycles. The van der Waals surface area contributed by atoms with E-state index in [1.165, 1.54) is 13.8 Å². The zero-order chi connectivity index (χ0) is 25.4. The smallest absolute Gasteiger partial charge is 0.303 e. The average Bonchev–Trinajstić information content (AvgIpc) is 2.87. The fourth-order valence-corrected chi connectivity index (χ4v) is 3.87. The molecule has 0 heterocycles. The van der Waals surface area contributed by atoms with Gasteiger partial charge in [-0.25, -0.2) is 0 Å². The molecule has 3 rings (SSSR count). The van der Waals surface area contributed by atoms with Crippen LogP contribution in [0.5, 0.6) is 11.5 Å². The summed E-state index contributed by atoms with van der Waals surface area (Å²) in [5.41, 5.74) is 1.51. The van der Waals surface area contributed by atoms with Crippen LogP contribution in [0.25, 0.3) is 0 Å². The van der Waals surface area contributed by atoms with Crippen molar-refractivity contribution < 1.29 is 33.3 Å². The van der Waals surface area contributed by atoms with Gasteiger partial charge in [0, 0.05) is 19.4 Å². The molecule has 0 aliphatic heterocycles. The van der Waals surface area contributed by atoms with E-state index in [0.29, 0.717) is 28.2 Å². The van der Waals surface area contributed by atoms with Gasteiger partial charge in [-0.2, -0.15) is 0 Å². The number of hydrogen-bond donors (Lipinski definition) is 0. The Kier molecular flexibility index (Phi) is 8.62. The van der Waals surface area contributed by atoms with Gasteiger partial charge in [0.15, 0.2) is 5.78 Å². The second-order valence-electron chi connectivity index (χ2n) is 7.86. The molecule has 0 spiro atoms. The van der Waals surface area contributed by atoms with Crippen LogP contribution in [0.15, 0.2) is 78.9 Å². The fraction of sp³-hybridized carbons (Fsp3) is 0.250. The van der Waals surface area contributed by atoms with Crippen molar-refractivity contribution in [3.05, 3.63) is 95.6 Å². The molecule has 0 radical (unpaired) electrons. The number of ketones is 1. The average molecular weight is 477 g/mol.